The molecule has 1 aromatic carbocycles. The number of hydrogen-bond acceptors (Lipinski definition) is 2. The van der Waals surface area contributed by atoms with Crippen LogP contribution >= 0.6 is 0 Å². The molecule has 0 unspecified atom stereocenters. The van der Waals surface area contributed by atoms with Crippen LogP contribution in [0.1, 0.15) is 31.1 Å². The molecule has 0 radical (unpaired) electrons. The van der Waals surface area contributed by atoms with Crippen molar-refractivity contribution >= 4 is 11.9 Å². The fourth-order valence-electron chi connectivity index (χ4n) is 1.50. The first-order valence-electron chi connectivity index (χ1n) is 5.61. The summed E-state index contributed by atoms with van der Waals surface area (Å²) < 4.78 is 25.8. The van der Waals surface area contributed by atoms with E-state index in [1.54, 1.807) is 20.8 Å². The molecule has 1 amide bonds. The van der Waals surface area contributed by atoms with Gasteiger partial charge in [0.2, 0.25) is 0 Å². The predicted molar refractivity (Wildman–Crippen MR) is 65.2 cm³/mol. The van der Waals surface area contributed by atoms with Gasteiger partial charge in [0, 0.05) is 11.1 Å². The lowest BCUT2D eigenvalue weighted by atomic mass is 10.0. The molecule has 0 atom stereocenters. The molecule has 104 valence electrons. The molecule has 0 aliphatic rings. The van der Waals surface area contributed by atoms with Crippen molar-refractivity contribution in [2.24, 2.45) is 0 Å². The molecule has 0 fully saturated rings. The Bertz CT molecular complexity index is 509. The van der Waals surface area contributed by atoms with Crippen LogP contribution in [0.5, 0.6) is 0 Å². The summed E-state index contributed by atoms with van der Waals surface area (Å²) in [4.78, 5) is 23.9. The summed E-state index contributed by atoms with van der Waals surface area (Å²) in [6, 6.07) is 2.73. The van der Waals surface area contributed by atoms with Crippen LogP contribution in [0, 0.1) is 11.6 Å². The molecule has 6 heteroatoms. The number of hydrogen-bond donors (Lipinski definition) is 1. The standard InChI is InChI=1S/C13H15F2NO3/c1-13(2,3)16(12(18)19)7-11(17)8-4-5-9(14)10(15)6-8/h4-6H,7H2,1-3H3,(H,18,19). The topological polar surface area (TPSA) is 57.6 Å². The molecular weight excluding hydrogens is 256 g/mol. The van der Waals surface area contributed by atoms with Crippen LogP contribution in [-0.4, -0.2) is 34.0 Å². The highest BCUT2D eigenvalue weighted by molar-refractivity contribution is 5.98. The minimum Gasteiger partial charge on any atom is -0.465 e. The lowest BCUT2D eigenvalue weighted by Crippen LogP contribution is -2.47. The number of nitrogens with zero attached hydrogens (tertiary/aromatic N) is 1. The molecule has 19 heavy (non-hydrogen) atoms. The van der Waals surface area contributed by atoms with Crippen molar-refractivity contribution in [2.45, 2.75) is 26.3 Å². The Morgan fingerprint density at radius 3 is 2.21 bits per heavy atom. The number of benzene rings is 1. The zero-order valence-electron chi connectivity index (χ0n) is 10.9. The second-order valence-corrected chi connectivity index (χ2v) is 5.09. The van der Waals surface area contributed by atoms with Gasteiger partial charge in [-0.3, -0.25) is 9.69 Å². The number of halogens is 2. The van der Waals surface area contributed by atoms with E-state index in [1.807, 2.05) is 0 Å². The summed E-state index contributed by atoms with van der Waals surface area (Å²) in [7, 11) is 0. The summed E-state index contributed by atoms with van der Waals surface area (Å²) in [6.07, 6.45) is -1.25. The first-order valence-corrected chi connectivity index (χ1v) is 5.61. The molecule has 0 aliphatic carbocycles. The number of Topliss-reactive ketones (excluding diaryl/α,β-unsaturated/α-hetero) is 1. The van der Waals surface area contributed by atoms with Gasteiger partial charge in [0.15, 0.2) is 17.4 Å². The van der Waals surface area contributed by atoms with Crippen LogP contribution in [0.3, 0.4) is 0 Å². The monoisotopic (exact) mass is 271 g/mol. The summed E-state index contributed by atoms with van der Waals surface area (Å²) in [5, 5.41) is 9.04. The number of rotatable bonds is 3. The molecule has 0 saturated heterocycles. The van der Waals surface area contributed by atoms with Gasteiger partial charge in [-0.05, 0) is 39.0 Å². The Balaban J connectivity index is 2.94. The summed E-state index contributed by atoms with van der Waals surface area (Å²) in [5.41, 5.74) is -0.825. The van der Waals surface area contributed by atoms with E-state index in [4.69, 9.17) is 5.11 Å². The van der Waals surface area contributed by atoms with E-state index in [-0.39, 0.29) is 5.56 Å². The smallest absolute Gasteiger partial charge is 0.408 e. The van der Waals surface area contributed by atoms with E-state index < -0.39 is 35.6 Å². The minimum absolute atomic E-state index is 0.0607. The maximum absolute atomic E-state index is 13.0. The highest BCUT2D eigenvalue weighted by atomic mass is 19.2. The van der Waals surface area contributed by atoms with Crippen molar-refractivity contribution in [3.05, 3.63) is 35.4 Å². The molecule has 0 saturated carbocycles. The lowest BCUT2D eigenvalue weighted by Gasteiger charge is -2.32. The molecule has 1 rings (SSSR count). The molecule has 0 aliphatic heterocycles. The van der Waals surface area contributed by atoms with Gasteiger partial charge >= 0.3 is 6.09 Å². The Morgan fingerprint density at radius 1 is 1.21 bits per heavy atom. The van der Waals surface area contributed by atoms with E-state index in [2.05, 4.69) is 0 Å². The molecule has 0 bridgehead atoms. The molecular formula is C13H15F2NO3. The summed E-state index contributed by atoms with van der Waals surface area (Å²) in [5.74, 6) is -2.78. The van der Waals surface area contributed by atoms with Crippen molar-refractivity contribution in [1.82, 2.24) is 4.90 Å². The molecule has 1 N–H and O–H groups in total. The van der Waals surface area contributed by atoms with Crippen LogP contribution < -0.4 is 0 Å². The summed E-state index contributed by atoms with van der Waals surface area (Å²) >= 11 is 0. The van der Waals surface area contributed by atoms with Crippen LogP contribution in [0.25, 0.3) is 0 Å². The van der Waals surface area contributed by atoms with E-state index in [1.165, 1.54) is 0 Å². The fraction of sp³-hybridized carbons (Fsp3) is 0.385. The minimum atomic E-state index is -1.25. The maximum Gasteiger partial charge on any atom is 0.408 e. The first-order chi connectivity index (χ1) is 8.62. The van der Waals surface area contributed by atoms with Gasteiger partial charge in [-0.1, -0.05) is 0 Å². The van der Waals surface area contributed by atoms with Crippen molar-refractivity contribution in [3.8, 4) is 0 Å². The lowest BCUT2D eigenvalue weighted by molar-refractivity contribution is 0.0766. The zero-order valence-corrected chi connectivity index (χ0v) is 10.9. The Labute approximate surface area is 109 Å². The normalized spacial score (nSPS) is 11.2. The zero-order chi connectivity index (χ0) is 14.8. The molecule has 0 heterocycles. The second-order valence-electron chi connectivity index (χ2n) is 5.09. The molecule has 1 aromatic rings. The van der Waals surface area contributed by atoms with Crippen molar-refractivity contribution in [3.63, 3.8) is 0 Å². The largest absolute Gasteiger partial charge is 0.465 e. The third kappa shape index (κ3) is 3.74. The third-order valence-corrected chi connectivity index (χ3v) is 2.58. The van der Waals surface area contributed by atoms with Crippen LogP contribution in [0.4, 0.5) is 13.6 Å². The van der Waals surface area contributed by atoms with Crippen molar-refractivity contribution in [1.29, 1.82) is 0 Å². The average molecular weight is 271 g/mol. The van der Waals surface area contributed by atoms with Gasteiger partial charge in [0.1, 0.15) is 0 Å². The molecule has 0 aromatic heterocycles. The van der Waals surface area contributed by atoms with Gasteiger partial charge < -0.3 is 5.11 Å². The maximum atomic E-state index is 13.0. The highest BCUT2D eigenvalue weighted by Crippen LogP contribution is 2.16. The van der Waals surface area contributed by atoms with E-state index in [9.17, 15) is 18.4 Å². The van der Waals surface area contributed by atoms with Crippen molar-refractivity contribution in [2.75, 3.05) is 6.54 Å². The second kappa shape index (κ2) is 5.34. The fourth-order valence-corrected chi connectivity index (χ4v) is 1.50. The number of carbonyl (C=O) groups excluding carboxylic acids is 1. The number of ketones is 1. The van der Waals surface area contributed by atoms with Gasteiger partial charge in [-0.25, -0.2) is 13.6 Å². The molecule has 4 nitrogen and oxygen atoms in total. The van der Waals surface area contributed by atoms with E-state index in [0.717, 1.165) is 23.1 Å². The Kier molecular flexibility index (Phi) is 4.24. The van der Waals surface area contributed by atoms with Gasteiger partial charge in [-0.2, -0.15) is 0 Å². The summed E-state index contributed by atoms with van der Waals surface area (Å²) in [6.45, 7) is 4.50. The van der Waals surface area contributed by atoms with Gasteiger partial charge in [0.05, 0.1) is 6.54 Å². The van der Waals surface area contributed by atoms with Gasteiger partial charge in [-0.15, -0.1) is 0 Å². The number of carboxylic acid groups (broad SMARTS) is 1. The Morgan fingerprint density at radius 2 is 1.79 bits per heavy atom. The van der Waals surface area contributed by atoms with Crippen LogP contribution in [-0.2, 0) is 0 Å². The third-order valence-electron chi connectivity index (χ3n) is 2.58. The highest BCUT2D eigenvalue weighted by Gasteiger charge is 2.28. The van der Waals surface area contributed by atoms with E-state index in [0.29, 0.717) is 0 Å². The number of amides is 1. The van der Waals surface area contributed by atoms with E-state index >= 15 is 0 Å². The Hall–Kier alpha value is -1.98. The van der Waals surface area contributed by atoms with Crippen LogP contribution in [0.2, 0.25) is 0 Å². The molecule has 0 spiro atoms. The van der Waals surface area contributed by atoms with Gasteiger partial charge in [0.25, 0.3) is 0 Å². The number of carbonyl (C=O) groups is 2. The predicted octanol–water partition coefficient (Wildman–Crippen LogP) is 2.93. The quantitative estimate of drug-likeness (QED) is 0.860. The SMILES string of the molecule is CC(C)(C)N(CC(=O)c1ccc(F)c(F)c1)C(=O)O. The van der Waals surface area contributed by atoms with Crippen molar-refractivity contribution < 1.29 is 23.5 Å². The van der Waals surface area contributed by atoms with Crippen LogP contribution in [0.15, 0.2) is 18.2 Å². The first kappa shape index (κ1) is 15.1. The average Bonchev–Trinajstić information content (AvgIpc) is 2.27.